The number of nitrogens with zero attached hydrogens (tertiary/aromatic N) is 3. The molecule has 1 saturated heterocycles. The van der Waals surface area contributed by atoms with Crippen molar-refractivity contribution in [3.63, 3.8) is 0 Å². The first-order valence-electron chi connectivity index (χ1n) is 6.76. The summed E-state index contributed by atoms with van der Waals surface area (Å²) in [7, 11) is 0. The molecule has 2 aromatic rings. The Labute approximate surface area is 160 Å². The number of nitrogens with one attached hydrogen (secondary N) is 1. The number of hydrogen-bond donors (Lipinski definition) is 4. The molecule has 1 aliphatic heterocycles. The maximum atomic E-state index is 12.6. The van der Waals surface area contributed by atoms with Gasteiger partial charge in [-0.3, -0.25) is 10.2 Å². The number of rotatable bonds is 3. The third-order valence-electron chi connectivity index (χ3n) is 3.05. The summed E-state index contributed by atoms with van der Waals surface area (Å²) in [5, 5.41) is 11.0. The van der Waals surface area contributed by atoms with Crippen LogP contribution in [0.1, 0.15) is 5.56 Å². The molecule has 0 spiro atoms. The molecule has 0 aliphatic carbocycles. The number of phenolic OH excluding ortho intramolecular Hbond substituents is 1. The van der Waals surface area contributed by atoms with Crippen LogP contribution in [0, 0.1) is 0 Å². The Kier molecular flexibility index (Phi) is 4.79. The second kappa shape index (κ2) is 6.86. The van der Waals surface area contributed by atoms with E-state index in [0.717, 1.165) is 21.2 Å². The highest BCUT2D eigenvalue weighted by Gasteiger charge is 2.33. The van der Waals surface area contributed by atoms with Crippen LogP contribution in [0.3, 0.4) is 0 Å². The van der Waals surface area contributed by atoms with Crippen LogP contribution in [0.25, 0.3) is 6.08 Å². The summed E-state index contributed by atoms with van der Waals surface area (Å²) >= 11 is 9.61. The van der Waals surface area contributed by atoms with E-state index in [1.165, 1.54) is 12.1 Å². The lowest BCUT2D eigenvalue weighted by Gasteiger charge is -2.15. The van der Waals surface area contributed by atoms with E-state index in [1.807, 2.05) is 0 Å². The van der Waals surface area contributed by atoms with Crippen molar-refractivity contribution in [2.75, 3.05) is 16.9 Å². The standard InChI is InChI=1S/C14H11BrN6O2S2/c15-7-1-2-8(22)6(3-7)4-9-12(23)21(14(24)25-9)20-13-18-10(16)5-11(17)19-13/h1-5,22H,(H5,16,17,18,19,20). The zero-order valence-electron chi connectivity index (χ0n) is 12.4. The largest absolute Gasteiger partial charge is 0.507 e. The molecule has 1 amide bonds. The summed E-state index contributed by atoms with van der Waals surface area (Å²) < 4.78 is 1.03. The number of anilines is 3. The lowest BCUT2D eigenvalue weighted by molar-refractivity contribution is -0.121. The third kappa shape index (κ3) is 3.83. The predicted octanol–water partition coefficient (Wildman–Crippen LogP) is 2.34. The fraction of sp³-hybridized carbons (Fsp3) is 0. The van der Waals surface area contributed by atoms with Gasteiger partial charge in [-0.15, -0.1) is 0 Å². The maximum absolute atomic E-state index is 12.6. The minimum absolute atomic E-state index is 0.0494. The number of aromatic hydroxyl groups is 1. The number of amides is 1. The SMILES string of the molecule is Nc1cc(N)nc(NN2C(=O)C(=Cc3cc(Br)ccc3O)SC2=S)n1. The van der Waals surface area contributed by atoms with Crippen molar-refractivity contribution in [2.45, 2.75) is 0 Å². The number of hydrogen-bond acceptors (Lipinski definition) is 9. The quantitative estimate of drug-likeness (QED) is 0.420. The minimum atomic E-state index is -0.404. The second-order valence-corrected chi connectivity index (χ2v) is 7.46. The molecule has 1 aromatic carbocycles. The zero-order chi connectivity index (χ0) is 18.1. The number of halogens is 1. The fourth-order valence-electron chi connectivity index (χ4n) is 1.98. The number of thioether (sulfide) groups is 1. The first-order valence-corrected chi connectivity index (χ1v) is 8.78. The van der Waals surface area contributed by atoms with Gasteiger partial charge in [-0.05, 0) is 36.5 Å². The van der Waals surface area contributed by atoms with Gasteiger partial charge in [0.05, 0.1) is 4.91 Å². The van der Waals surface area contributed by atoms with E-state index in [9.17, 15) is 9.90 Å². The Morgan fingerprint density at radius 2 is 1.96 bits per heavy atom. The van der Waals surface area contributed by atoms with Crippen molar-refractivity contribution < 1.29 is 9.90 Å². The first kappa shape index (κ1) is 17.5. The summed E-state index contributed by atoms with van der Waals surface area (Å²) in [5.41, 5.74) is 14.4. The number of hydrazine groups is 1. The number of nitrogen functional groups attached to an aromatic ring is 2. The predicted molar refractivity (Wildman–Crippen MR) is 105 cm³/mol. The van der Waals surface area contributed by atoms with Crippen LogP contribution in [0.5, 0.6) is 5.75 Å². The molecule has 1 fully saturated rings. The third-order valence-corrected chi connectivity index (χ3v) is 4.84. The van der Waals surface area contributed by atoms with Gasteiger partial charge in [-0.25, -0.2) is 0 Å². The number of benzene rings is 1. The summed E-state index contributed by atoms with van der Waals surface area (Å²) in [6, 6.07) is 6.31. The molecule has 3 rings (SSSR count). The van der Waals surface area contributed by atoms with Gasteiger partial charge < -0.3 is 16.6 Å². The molecule has 0 bridgehead atoms. The molecule has 0 atom stereocenters. The van der Waals surface area contributed by atoms with Crippen molar-refractivity contribution in [1.82, 2.24) is 15.0 Å². The Hall–Kier alpha value is -2.37. The smallest absolute Gasteiger partial charge is 0.285 e. The molecule has 11 heteroatoms. The van der Waals surface area contributed by atoms with Crippen molar-refractivity contribution >= 4 is 73.8 Å². The molecular weight excluding hydrogens is 428 g/mol. The number of carbonyl (C=O) groups is 1. The summed E-state index contributed by atoms with van der Waals surface area (Å²) in [6.07, 6.45) is 1.55. The topological polar surface area (TPSA) is 130 Å². The highest BCUT2D eigenvalue weighted by Crippen LogP contribution is 2.34. The minimum Gasteiger partial charge on any atom is -0.507 e. The molecule has 25 heavy (non-hydrogen) atoms. The van der Waals surface area contributed by atoms with E-state index in [0.29, 0.717) is 10.5 Å². The van der Waals surface area contributed by atoms with Crippen LogP contribution in [-0.4, -0.2) is 30.3 Å². The fourth-order valence-corrected chi connectivity index (χ4v) is 3.53. The van der Waals surface area contributed by atoms with Gasteiger partial charge in [-0.2, -0.15) is 15.0 Å². The lowest BCUT2D eigenvalue weighted by Crippen LogP contribution is -2.34. The molecule has 8 nitrogen and oxygen atoms in total. The van der Waals surface area contributed by atoms with Crippen LogP contribution < -0.4 is 16.9 Å². The lowest BCUT2D eigenvalue weighted by atomic mass is 10.2. The molecule has 6 N–H and O–H groups in total. The monoisotopic (exact) mass is 438 g/mol. The molecule has 1 aliphatic rings. The van der Waals surface area contributed by atoms with Crippen LogP contribution in [0.2, 0.25) is 0 Å². The summed E-state index contributed by atoms with van der Waals surface area (Å²) in [4.78, 5) is 20.8. The Morgan fingerprint density at radius 3 is 2.64 bits per heavy atom. The van der Waals surface area contributed by atoms with Gasteiger partial charge in [0, 0.05) is 16.1 Å². The number of carbonyl (C=O) groups excluding carboxylic acids is 1. The van der Waals surface area contributed by atoms with Gasteiger partial charge >= 0.3 is 0 Å². The second-order valence-electron chi connectivity index (χ2n) is 4.87. The molecule has 128 valence electrons. The van der Waals surface area contributed by atoms with E-state index in [2.05, 4.69) is 31.3 Å². The number of phenols is 1. The average molecular weight is 439 g/mol. The van der Waals surface area contributed by atoms with E-state index in [1.54, 1.807) is 18.2 Å². The first-order chi connectivity index (χ1) is 11.8. The highest BCUT2D eigenvalue weighted by atomic mass is 79.9. The number of aromatic nitrogens is 2. The normalized spacial score (nSPS) is 15.9. The highest BCUT2D eigenvalue weighted by molar-refractivity contribution is 9.10. The molecule has 0 unspecified atom stereocenters. The van der Waals surface area contributed by atoms with Crippen molar-refractivity contribution in [3.8, 4) is 5.75 Å². The van der Waals surface area contributed by atoms with E-state index in [-0.39, 0.29) is 27.7 Å². The number of thiocarbonyl (C=S) groups is 1. The summed E-state index contributed by atoms with van der Waals surface area (Å²) in [5.74, 6) is 0.0257. The molecular formula is C14H11BrN6O2S2. The number of nitrogens with two attached hydrogens (primary N) is 2. The van der Waals surface area contributed by atoms with E-state index < -0.39 is 5.91 Å². The van der Waals surface area contributed by atoms with Crippen molar-refractivity contribution in [1.29, 1.82) is 0 Å². The molecule has 1 aromatic heterocycles. The molecule has 2 heterocycles. The summed E-state index contributed by atoms with van der Waals surface area (Å²) in [6.45, 7) is 0. The van der Waals surface area contributed by atoms with Gasteiger partial charge in [0.1, 0.15) is 17.4 Å². The Morgan fingerprint density at radius 1 is 1.28 bits per heavy atom. The van der Waals surface area contributed by atoms with Gasteiger partial charge in [0.25, 0.3) is 5.91 Å². The van der Waals surface area contributed by atoms with E-state index >= 15 is 0 Å². The Balaban J connectivity index is 1.87. The van der Waals surface area contributed by atoms with Crippen LogP contribution in [0.15, 0.2) is 33.6 Å². The van der Waals surface area contributed by atoms with Gasteiger partial charge in [0.15, 0.2) is 4.32 Å². The zero-order valence-corrected chi connectivity index (χ0v) is 15.7. The van der Waals surface area contributed by atoms with Gasteiger partial charge in [-0.1, -0.05) is 27.7 Å². The van der Waals surface area contributed by atoms with Crippen molar-refractivity contribution in [3.05, 3.63) is 39.2 Å². The molecule has 0 radical (unpaired) electrons. The van der Waals surface area contributed by atoms with Gasteiger partial charge in [0.2, 0.25) is 5.95 Å². The van der Waals surface area contributed by atoms with Crippen molar-refractivity contribution in [2.24, 2.45) is 0 Å². The molecule has 0 saturated carbocycles. The Bertz CT molecular complexity index is 900. The van der Waals surface area contributed by atoms with Crippen LogP contribution in [-0.2, 0) is 4.79 Å². The average Bonchev–Trinajstić information content (AvgIpc) is 2.78. The van der Waals surface area contributed by atoms with Crippen LogP contribution in [0.4, 0.5) is 17.6 Å². The van der Waals surface area contributed by atoms with E-state index in [4.69, 9.17) is 23.7 Å². The van der Waals surface area contributed by atoms with Crippen LogP contribution >= 0.6 is 39.9 Å². The maximum Gasteiger partial charge on any atom is 0.285 e.